The van der Waals surface area contributed by atoms with E-state index in [0.717, 1.165) is 5.66 Å². The summed E-state index contributed by atoms with van der Waals surface area (Å²) in [7, 11) is 1.79. The van der Waals surface area contributed by atoms with Crippen molar-refractivity contribution < 1.29 is 0 Å². The molecule has 1 fully saturated rings. The molecule has 1 aliphatic carbocycles. The van der Waals surface area contributed by atoms with Crippen molar-refractivity contribution in [1.82, 2.24) is 0 Å². The molecule has 0 aromatic heterocycles. The quantitative estimate of drug-likeness (QED) is 0.304. The first-order valence-electron chi connectivity index (χ1n) is 9.60. The Morgan fingerprint density at radius 2 is 1.15 bits per heavy atom. The largest absolute Gasteiger partial charge is 0.0775 e. The van der Waals surface area contributed by atoms with Gasteiger partial charge in [-0.1, -0.05) is 99.0 Å². The predicted molar refractivity (Wildman–Crippen MR) is 95.1 cm³/mol. The maximum absolute atomic E-state index is 2.30. The van der Waals surface area contributed by atoms with Gasteiger partial charge in [0.2, 0.25) is 0 Å². The summed E-state index contributed by atoms with van der Waals surface area (Å²) >= 11 is 0. The highest BCUT2D eigenvalue weighted by atomic mass is 31.1. The molecule has 20 heavy (non-hydrogen) atoms. The van der Waals surface area contributed by atoms with Crippen LogP contribution in [0.3, 0.4) is 0 Å². The lowest BCUT2D eigenvalue weighted by molar-refractivity contribution is 0.509. The van der Waals surface area contributed by atoms with Crippen LogP contribution in [0.4, 0.5) is 0 Å². The fourth-order valence-corrected chi connectivity index (χ4v) is 4.82. The highest BCUT2D eigenvalue weighted by molar-refractivity contribution is 7.38. The van der Waals surface area contributed by atoms with E-state index >= 15 is 0 Å². The molecular formula is C19H38P. The summed E-state index contributed by atoms with van der Waals surface area (Å²) in [4.78, 5) is 0. The lowest BCUT2D eigenvalue weighted by atomic mass is 10.0. The van der Waals surface area contributed by atoms with Gasteiger partial charge in [-0.2, -0.15) is 0 Å². The monoisotopic (exact) mass is 297 g/mol. The van der Waals surface area contributed by atoms with Crippen LogP contribution >= 0.6 is 8.58 Å². The van der Waals surface area contributed by atoms with Crippen molar-refractivity contribution in [3.05, 3.63) is 0 Å². The zero-order valence-electron chi connectivity index (χ0n) is 14.0. The van der Waals surface area contributed by atoms with Gasteiger partial charge in [0, 0.05) is 0 Å². The minimum atomic E-state index is 1.05. The molecule has 0 atom stereocenters. The Balaban J connectivity index is 1.95. The second-order valence-corrected chi connectivity index (χ2v) is 8.28. The van der Waals surface area contributed by atoms with Gasteiger partial charge >= 0.3 is 0 Å². The third kappa shape index (κ3) is 11.1. The molecule has 1 saturated carbocycles. The van der Waals surface area contributed by atoms with Gasteiger partial charge in [-0.05, 0) is 31.1 Å². The maximum atomic E-state index is 2.30. The van der Waals surface area contributed by atoms with Crippen molar-refractivity contribution in [1.29, 1.82) is 0 Å². The molecule has 0 spiro atoms. The number of hydrogen-bond donors (Lipinski definition) is 0. The molecule has 0 N–H and O–H groups in total. The van der Waals surface area contributed by atoms with Crippen molar-refractivity contribution in [2.45, 2.75) is 115 Å². The summed E-state index contributed by atoms with van der Waals surface area (Å²) in [6.07, 6.45) is 25.3. The Kier molecular flexibility index (Phi) is 13.3. The minimum absolute atomic E-state index is 1.05. The van der Waals surface area contributed by atoms with Gasteiger partial charge in [-0.15, -0.1) is 0 Å². The van der Waals surface area contributed by atoms with Gasteiger partial charge in [-0.3, -0.25) is 0 Å². The first-order chi connectivity index (χ1) is 9.93. The van der Waals surface area contributed by atoms with Crippen LogP contribution in [0, 0.1) is 0 Å². The molecule has 0 saturated heterocycles. The Hall–Kier alpha value is 0.430. The van der Waals surface area contributed by atoms with Crippen LogP contribution in [0.1, 0.15) is 110 Å². The second-order valence-electron chi connectivity index (χ2n) is 6.73. The summed E-state index contributed by atoms with van der Waals surface area (Å²) in [5.74, 6) is 0. The van der Waals surface area contributed by atoms with E-state index in [0.29, 0.717) is 0 Å². The molecule has 0 bridgehead atoms. The van der Waals surface area contributed by atoms with Gasteiger partial charge in [0.15, 0.2) is 0 Å². The average molecular weight is 297 g/mol. The molecule has 0 unspecified atom stereocenters. The third-order valence-corrected chi connectivity index (χ3v) is 6.33. The van der Waals surface area contributed by atoms with E-state index in [-0.39, 0.29) is 0 Å². The van der Waals surface area contributed by atoms with Gasteiger partial charge < -0.3 is 0 Å². The van der Waals surface area contributed by atoms with Crippen molar-refractivity contribution >= 4 is 8.58 Å². The standard InChI is InChI=1S/C19H38P/c1-2-3-4-5-9-12-15-18-20-19-16-13-10-7-6-8-11-14-17-19/h19H,2-18H2,1H3. The van der Waals surface area contributed by atoms with Crippen LogP contribution in [-0.4, -0.2) is 11.8 Å². The van der Waals surface area contributed by atoms with Crippen molar-refractivity contribution in [3.8, 4) is 0 Å². The first-order valence-corrected chi connectivity index (χ1v) is 10.7. The topological polar surface area (TPSA) is 0 Å². The lowest BCUT2D eigenvalue weighted by Crippen LogP contribution is -2.03. The average Bonchev–Trinajstić information content (AvgIpc) is 2.48. The molecule has 0 aromatic rings. The number of unbranched alkanes of at least 4 members (excludes halogenated alkanes) is 6. The zero-order chi connectivity index (χ0) is 14.3. The van der Waals surface area contributed by atoms with Crippen LogP contribution in [0.2, 0.25) is 0 Å². The molecule has 1 rings (SSSR count). The van der Waals surface area contributed by atoms with Gasteiger partial charge in [-0.25, -0.2) is 0 Å². The molecule has 1 heteroatoms. The van der Waals surface area contributed by atoms with Gasteiger partial charge in [0.1, 0.15) is 0 Å². The SMILES string of the molecule is CCCCCCCCC[P]C1CCCCCCCCC1. The van der Waals surface area contributed by atoms with E-state index in [4.69, 9.17) is 0 Å². The molecule has 0 aliphatic heterocycles. The van der Waals surface area contributed by atoms with E-state index in [1.165, 1.54) is 109 Å². The number of hydrogen-bond acceptors (Lipinski definition) is 0. The van der Waals surface area contributed by atoms with Gasteiger partial charge in [0.05, 0.1) is 0 Å². The molecule has 0 nitrogen and oxygen atoms in total. The molecule has 1 aliphatic rings. The number of rotatable bonds is 9. The highest BCUT2D eigenvalue weighted by Gasteiger charge is 2.10. The van der Waals surface area contributed by atoms with E-state index < -0.39 is 0 Å². The fourth-order valence-electron chi connectivity index (χ4n) is 3.31. The zero-order valence-corrected chi connectivity index (χ0v) is 14.9. The second kappa shape index (κ2) is 14.4. The molecule has 0 aromatic carbocycles. The summed E-state index contributed by atoms with van der Waals surface area (Å²) < 4.78 is 0. The third-order valence-electron chi connectivity index (χ3n) is 4.72. The molecule has 119 valence electrons. The van der Waals surface area contributed by atoms with Crippen LogP contribution in [0.5, 0.6) is 0 Å². The van der Waals surface area contributed by atoms with Crippen LogP contribution in [-0.2, 0) is 0 Å². The van der Waals surface area contributed by atoms with Crippen LogP contribution in [0.15, 0.2) is 0 Å². The highest BCUT2D eigenvalue weighted by Crippen LogP contribution is 2.31. The molecule has 1 radical (unpaired) electrons. The van der Waals surface area contributed by atoms with Crippen molar-refractivity contribution in [2.75, 3.05) is 6.16 Å². The van der Waals surface area contributed by atoms with Crippen LogP contribution < -0.4 is 0 Å². The van der Waals surface area contributed by atoms with E-state index in [2.05, 4.69) is 6.92 Å². The van der Waals surface area contributed by atoms with Crippen molar-refractivity contribution in [2.24, 2.45) is 0 Å². The van der Waals surface area contributed by atoms with Crippen molar-refractivity contribution in [3.63, 3.8) is 0 Å². The first kappa shape index (κ1) is 18.5. The molecule has 0 amide bonds. The van der Waals surface area contributed by atoms with E-state index in [9.17, 15) is 0 Å². The normalized spacial score (nSPS) is 19.6. The maximum Gasteiger partial charge on any atom is -0.0170 e. The summed E-state index contributed by atoms with van der Waals surface area (Å²) in [6, 6.07) is 0. The van der Waals surface area contributed by atoms with E-state index in [1.807, 2.05) is 0 Å². The minimum Gasteiger partial charge on any atom is -0.0775 e. The Bertz CT molecular complexity index is 180. The Labute approximate surface area is 130 Å². The fraction of sp³-hybridized carbons (Fsp3) is 1.00. The summed E-state index contributed by atoms with van der Waals surface area (Å²) in [6.45, 7) is 2.30. The van der Waals surface area contributed by atoms with E-state index in [1.54, 1.807) is 8.58 Å². The van der Waals surface area contributed by atoms with Crippen LogP contribution in [0.25, 0.3) is 0 Å². The van der Waals surface area contributed by atoms with Gasteiger partial charge in [0.25, 0.3) is 0 Å². The lowest BCUT2D eigenvalue weighted by Gasteiger charge is -2.17. The Morgan fingerprint density at radius 1 is 0.650 bits per heavy atom. The predicted octanol–water partition coefficient (Wildman–Crippen LogP) is 7.58. The summed E-state index contributed by atoms with van der Waals surface area (Å²) in [5, 5.41) is 0. The summed E-state index contributed by atoms with van der Waals surface area (Å²) in [5.41, 5.74) is 1.05. The smallest absolute Gasteiger partial charge is 0.0170 e. The molecular weight excluding hydrogens is 259 g/mol. The molecule has 0 heterocycles. The Morgan fingerprint density at radius 3 is 1.75 bits per heavy atom.